The molecule has 1 aromatic carbocycles. The van der Waals surface area contributed by atoms with Gasteiger partial charge in [0.1, 0.15) is 5.75 Å². The van der Waals surface area contributed by atoms with E-state index in [0.29, 0.717) is 5.69 Å². The van der Waals surface area contributed by atoms with E-state index in [1.54, 1.807) is 0 Å². The molecule has 1 heterocycles. The second-order valence-electron chi connectivity index (χ2n) is 3.58. The van der Waals surface area contributed by atoms with Crippen molar-refractivity contribution in [3.05, 3.63) is 46.3 Å². The van der Waals surface area contributed by atoms with Gasteiger partial charge in [0, 0.05) is 5.69 Å². The lowest BCUT2D eigenvalue weighted by Crippen LogP contribution is -2.11. The number of halogens is 4. The van der Waals surface area contributed by atoms with Gasteiger partial charge in [-0.05, 0) is 41.9 Å². The van der Waals surface area contributed by atoms with E-state index in [-0.39, 0.29) is 21.8 Å². The third-order valence-corrected chi connectivity index (χ3v) is 2.70. The number of amides is 1. The molecule has 0 bridgehead atoms. The molecule has 1 aromatic heterocycles. The molecule has 0 fully saturated rings. The first-order valence-electron chi connectivity index (χ1n) is 5.27. The summed E-state index contributed by atoms with van der Waals surface area (Å²) in [6.45, 7) is -2.97. The molecule has 0 atom stereocenters. The summed E-state index contributed by atoms with van der Waals surface area (Å²) in [5.74, 6) is -0.713. The minimum absolute atomic E-state index is 0.0130. The molecule has 0 radical (unpaired) electrons. The number of hydrogen-bond acceptors (Lipinski definition) is 3. The van der Waals surface area contributed by atoms with E-state index in [2.05, 4.69) is 10.1 Å². The first-order chi connectivity index (χ1) is 9.45. The normalized spacial score (nSPS) is 10.7. The van der Waals surface area contributed by atoms with Crippen LogP contribution >= 0.6 is 23.2 Å². The van der Waals surface area contributed by atoms with Gasteiger partial charge in [-0.1, -0.05) is 11.6 Å². The second kappa shape index (κ2) is 6.11. The number of rotatable bonds is 4. The fourth-order valence-corrected chi connectivity index (χ4v) is 1.77. The molecule has 1 amide bonds. The number of benzene rings is 1. The first kappa shape index (κ1) is 14.6. The topological polar surface area (TPSA) is 51.5 Å². The van der Waals surface area contributed by atoms with Gasteiger partial charge >= 0.3 is 6.61 Å². The highest BCUT2D eigenvalue weighted by Gasteiger charge is 2.13. The van der Waals surface area contributed by atoms with Crippen molar-refractivity contribution in [1.29, 1.82) is 0 Å². The Morgan fingerprint density at radius 1 is 1.25 bits per heavy atom. The van der Waals surface area contributed by atoms with E-state index in [0.717, 1.165) is 0 Å². The summed E-state index contributed by atoms with van der Waals surface area (Å²) in [7, 11) is 0. The lowest BCUT2D eigenvalue weighted by molar-refractivity contribution is -0.0497. The monoisotopic (exact) mass is 321 g/mol. The summed E-state index contributed by atoms with van der Waals surface area (Å²) >= 11 is 11.3. The van der Waals surface area contributed by atoms with Gasteiger partial charge in [-0.15, -0.1) is 0 Å². The van der Waals surface area contributed by atoms with Gasteiger partial charge in [0.2, 0.25) is 0 Å². The molecule has 20 heavy (non-hydrogen) atoms. The number of carbonyl (C=O) groups is 1. The third kappa shape index (κ3) is 3.61. The van der Waals surface area contributed by atoms with Crippen molar-refractivity contribution < 1.29 is 22.7 Å². The molecule has 2 aromatic rings. The van der Waals surface area contributed by atoms with Crippen LogP contribution < -0.4 is 10.1 Å². The van der Waals surface area contributed by atoms with Crippen LogP contribution in [0.4, 0.5) is 14.5 Å². The van der Waals surface area contributed by atoms with Crippen LogP contribution in [0.2, 0.25) is 10.2 Å². The largest absolute Gasteiger partial charge is 0.440 e. The van der Waals surface area contributed by atoms with Gasteiger partial charge in [0.15, 0.2) is 11.0 Å². The van der Waals surface area contributed by atoms with E-state index < -0.39 is 12.5 Å². The van der Waals surface area contributed by atoms with E-state index in [1.807, 2.05) is 0 Å². The SMILES string of the molecule is O=C(Nc1ccc(OC(F)F)c(Cl)c1)c1ccc(Cl)o1. The zero-order valence-electron chi connectivity index (χ0n) is 9.70. The predicted octanol–water partition coefficient (Wildman–Crippen LogP) is 4.44. The Balaban J connectivity index is 2.10. The Morgan fingerprint density at radius 2 is 2.00 bits per heavy atom. The molecule has 8 heteroatoms. The van der Waals surface area contributed by atoms with Crippen molar-refractivity contribution in [2.24, 2.45) is 0 Å². The zero-order valence-corrected chi connectivity index (χ0v) is 11.2. The number of anilines is 1. The van der Waals surface area contributed by atoms with E-state index in [1.165, 1.54) is 30.3 Å². The molecule has 0 aliphatic rings. The van der Waals surface area contributed by atoms with Crippen LogP contribution in [-0.4, -0.2) is 12.5 Å². The molecule has 0 aliphatic heterocycles. The summed E-state index contributed by atoms with van der Waals surface area (Å²) in [5, 5.41) is 2.50. The molecule has 0 unspecified atom stereocenters. The highest BCUT2D eigenvalue weighted by Crippen LogP contribution is 2.29. The predicted molar refractivity (Wildman–Crippen MR) is 69.8 cm³/mol. The smallest absolute Gasteiger partial charge is 0.387 e. The van der Waals surface area contributed by atoms with Gasteiger partial charge in [0.25, 0.3) is 5.91 Å². The Morgan fingerprint density at radius 3 is 2.55 bits per heavy atom. The van der Waals surface area contributed by atoms with Crippen LogP contribution in [0.5, 0.6) is 5.75 Å². The number of carbonyl (C=O) groups excluding carboxylic acids is 1. The number of nitrogens with one attached hydrogen (secondary N) is 1. The van der Waals surface area contributed by atoms with Gasteiger partial charge < -0.3 is 14.5 Å². The molecule has 0 spiro atoms. The quantitative estimate of drug-likeness (QED) is 0.905. The summed E-state index contributed by atoms with van der Waals surface area (Å²) in [6, 6.07) is 6.68. The molecular formula is C12H7Cl2F2NO3. The average Bonchev–Trinajstić information content (AvgIpc) is 2.79. The van der Waals surface area contributed by atoms with Crippen molar-refractivity contribution in [1.82, 2.24) is 0 Å². The Labute approximate surface area is 122 Å². The molecule has 0 aliphatic carbocycles. The maximum atomic E-state index is 12.1. The van der Waals surface area contributed by atoms with Crippen LogP contribution in [0.3, 0.4) is 0 Å². The van der Waals surface area contributed by atoms with E-state index in [4.69, 9.17) is 27.6 Å². The van der Waals surface area contributed by atoms with Gasteiger partial charge in [-0.3, -0.25) is 4.79 Å². The summed E-state index contributed by atoms with van der Waals surface area (Å²) < 4.78 is 33.2. The minimum Gasteiger partial charge on any atom is -0.440 e. The summed E-state index contributed by atoms with van der Waals surface area (Å²) in [5.41, 5.74) is 0.300. The highest BCUT2D eigenvalue weighted by molar-refractivity contribution is 6.32. The molecule has 4 nitrogen and oxygen atoms in total. The maximum absolute atomic E-state index is 12.1. The number of alkyl halides is 2. The Kier molecular flexibility index (Phi) is 4.46. The van der Waals surface area contributed by atoms with Crippen molar-refractivity contribution >= 4 is 34.8 Å². The van der Waals surface area contributed by atoms with Gasteiger partial charge in [-0.2, -0.15) is 8.78 Å². The van der Waals surface area contributed by atoms with Crippen molar-refractivity contribution in [3.63, 3.8) is 0 Å². The molecule has 0 saturated carbocycles. The van der Waals surface area contributed by atoms with Gasteiger partial charge in [-0.25, -0.2) is 0 Å². The minimum atomic E-state index is -2.97. The van der Waals surface area contributed by atoms with Gasteiger partial charge in [0.05, 0.1) is 5.02 Å². The Hall–Kier alpha value is -1.79. The van der Waals surface area contributed by atoms with Crippen LogP contribution in [0.1, 0.15) is 10.6 Å². The van der Waals surface area contributed by atoms with Crippen LogP contribution in [-0.2, 0) is 0 Å². The number of hydrogen-bond donors (Lipinski definition) is 1. The van der Waals surface area contributed by atoms with Crippen LogP contribution in [0, 0.1) is 0 Å². The van der Waals surface area contributed by atoms with Crippen molar-refractivity contribution in [3.8, 4) is 5.75 Å². The molecule has 106 valence electrons. The van der Waals surface area contributed by atoms with Crippen molar-refractivity contribution in [2.75, 3.05) is 5.32 Å². The fraction of sp³-hybridized carbons (Fsp3) is 0.0833. The van der Waals surface area contributed by atoms with E-state index in [9.17, 15) is 13.6 Å². The summed E-state index contributed by atoms with van der Waals surface area (Å²) in [6.07, 6.45) is 0. The van der Waals surface area contributed by atoms with Crippen LogP contribution in [0.25, 0.3) is 0 Å². The third-order valence-electron chi connectivity index (χ3n) is 2.20. The molecule has 2 rings (SSSR count). The average molecular weight is 322 g/mol. The standard InChI is InChI=1S/C12H7Cl2F2NO3/c13-7-5-6(1-2-8(7)20-12(15)16)17-11(18)9-3-4-10(14)19-9/h1-5,12H,(H,17,18). The highest BCUT2D eigenvalue weighted by atomic mass is 35.5. The number of furan rings is 1. The number of ether oxygens (including phenoxy) is 1. The van der Waals surface area contributed by atoms with E-state index >= 15 is 0 Å². The van der Waals surface area contributed by atoms with Crippen molar-refractivity contribution in [2.45, 2.75) is 6.61 Å². The Bertz CT molecular complexity index is 631. The lowest BCUT2D eigenvalue weighted by atomic mass is 10.3. The zero-order chi connectivity index (χ0) is 14.7. The van der Waals surface area contributed by atoms with Crippen LogP contribution in [0.15, 0.2) is 34.7 Å². The molecule has 0 saturated heterocycles. The molecule has 1 N–H and O–H groups in total. The second-order valence-corrected chi connectivity index (χ2v) is 4.36. The fourth-order valence-electron chi connectivity index (χ4n) is 1.40. The summed E-state index contributed by atoms with van der Waals surface area (Å²) in [4.78, 5) is 11.7. The maximum Gasteiger partial charge on any atom is 0.387 e. The molecular weight excluding hydrogens is 315 g/mol. The first-order valence-corrected chi connectivity index (χ1v) is 6.02. The lowest BCUT2D eigenvalue weighted by Gasteiger charge is -2.08.